The van der Waals surface area contributed by atoms with Crippen LogP contribution in [-0.2, 0) is 0 Å². The molecule has 0 radical (unpaired) electrons. The van der Waals surface area contributed by atoms with Gasteiger partial charge in [-0.05, 0) is 30.3 Å². The number of nitrogens with one attached hydrogen (secondary N) is 2. The molecule has 25 heavy (non-hydrogen) atoms. The molecule has 0 aliphatic heterocycles. The second-order valence-corrected chi connectivity index (χ2v) is 4.89. The number of hydrogen-bond acceptors (Lipinski definition) is 7. The van der Waals surface area contributed by atoms with Gasteiger partial charge in [-0.15, -0.1) is 0 Å². The van der Waals surface area contributed by atoms with Crippen molar-refractivity contribution in [3.63, 3.8) is 0 Å². The van der Waals surface area contributed by atoms with Gasteiger partial charge < -0.3 is 0 Å². The molecule has 1 aromatic carbocycles. The Morgan fingerprint density at radius 3 is 2.56 bits per heavy atom. The van der Waals surface area contributed by atoms with Crippen LogP contribution in [0.15, 0.2) is 61.1 Å². The van der Waals surface area contributed by atoms with Crippen LogP contribution in [0.5, 0.6) is 0 Å². The smallest absolute Gasteiger partial charge is 0.267 e. The molecule has 2 heterocycles. The maximum atomic E-state index is 12.0. The molecule has 0 unspecified atom stereocenters. The summed E-state index contributed by atoms with van der Waals surface area (Å²) in [4.78, 5) is 34.5. The first-order chi connectivity index (χ1) is 12.1. The van der Waals surface area contributed by atoms with Crippen LogP contribution in [0.1, 0.15) is 10.4 Å². The molecule has 9 nitrogen and oxygen atoms in total. The van der Waals surface area contributed by atoms with E-state index in [2.05, 4.69) is 25.8 Å². The first kappa shape index (κ1) is 16.0. The number of anilines is 1. The molecule has 124 valence electrons. The molecule has 2 N–H and O–H groups in total. The summed E-state index contributed by atoms with van der Waals surface area (Å²) in [5.74, 6) is -0.262. The predicted molar refractivity (Wildman–Crippen MR) is 89.4 cm³/mol. The third kappa shape index (κ3) is 3.91. The minimum atomic E-state index is -0.530. The van der Waals surface area contributed by atoms with Crippen LogP contribution in [0.2, 0.25) is 0 Å². The van der Waals surface area contributed by atoms with E-state index in [1.807, 2.05) is 6.07 Å². The topological polar surface area (TPSA) is 123 Å². The van der Waals surface area contributed by atoms with Gasteiger partial charge in [0.25, 0.3) is 11.6 Å². The van der Waals surface area contributed by atoms with Gasteiger partial charge >= 0.3 is 0 Å². The zero-order valence-electron chi connectivity index (χ0n) is 12.8. The first-order valence-corrected chi connectivity index (χ1v) is 7.18. The molecule has 0 saturated carbocycles. The van der Waals surface area contributed by atoms with Gasteiger partial charge in [-0.1, -0.05) is 0 Å². The highest BCUT2D eigenvalue weighted by atomic mass is 16.6. The average Bonchev–Trinajstić information content (AvgIpc) is 2.67. The molecule has 1 amide bonds. The summed E-state index contributed by atoms with van der Waals surface area (Å²) in [6.07, 6.45) is 4.88. The number of non-ortho nitro benzene ring substituents is 1. The van der Waals surface area contributed by atoms with Crippen molar-refractivity contribution in [2.75, 3.05) is 5.43 Å². The summed E-state index contributed by atoms with van der Waals surface area (Å²) < 4.78 is 0. The van der Waals surface area contributed by atoms with Gasteiger partial charge in [0, 0.05) is 41.9 Å². The number of benzene rings is 1. The van der Waals surface area contributed by atoms with Gasteiger partial charge in [-0.25, -0.2) is 9.97 Å². The number of hydrogen-bond donors (Lipinski definition) is 2. The Morgan fingerprint density at radius 2 is 1.88 bits per heavy atom. The molecule has 0 aliphatic rings. The van der Waals surface area contributed by atoms with E-state index in [1.54, 1.807) is 30.7 Å². The van der Waals surface area contributed by atoms with Crippen LogP contribution < -0.4 is 10.9 Å². The number of nitrogens with zero attached hydrogens (tertiary/aromatic N) is 4. The summed E-state index contributed by atoms with van der Waals surface area (Å²) >= 11 is 0. The standard InChI is InChI=1S/C16H12N6O3/c23-15(11-3-5-13(6-4-11)22(24)25)20-21-16-18-9-7-14(19-16)12-2-1-8-17-10-12/h1-10H,(H,20,23)(H,18,19,21). The molecule has 0 aliphatic carbocycles. The minimum absolute atomic E-state index is 0.0861. The van der Waals surface area contributed by atoms with Gasteiger partial charge in [0.1, 0.15) is 0 Å². The van der Waals surface area contributed by atoms with E-state index in [0.29, 0.717) is 5.69 Å². The molecular formula is C16H12N6O3. The van der Waals surface area contributed by atoms with Crippen LogP contribution in [0.4, 0.5) is 11.6 Å². The van der Waals surface area contributed by atoms with E-state index >= 15 is 0 Å². The van der Waals surface area contributed by atoms with Gasteiger partial charge in [-0.3, -0.25) is 30.7 Å². The third-order valence-electron chi connectivity index (χ3n) is 3.24. The summed E-state index contributed by atoms with van der Waals surface area (Å²) in [5.41, 5.74) is 6.70. The molecule has 9 heteroatoms. The Morgan fingerprint density at radius 1 is 1.08 bits per heavy atom. The Balaban J connectivity index is 1.67. The van der Waals surface area contributed by atoms with E-state index in [-0.39, 0.29) is 17.2 Å². The molecule has 0 atom stereocenters. The summed E-state index contributed by atoms with van der Waals surface area (Å²) in [6, 6.07) is 10.6. The summed E-state index contributed by atoms with van der Waals surface area (Å²) in [5, 5.41) is 10.6. The predicted octanol–water partition coefficient (Wildman–Crippen LogP) is 2.20. The van der Waals surface area contributed by atoms with E-state index in [0.717, 1.165) is 5.56 Å². The number of amides is 1. The van der Waals surface area contributed by atoms with Gasteiger partial charge in [0.2, 0.25) is 5.95 Å². The lowest BCUT2D eigenvalue weighted by molar-refractivity contribution is -0.384. The number of nitro benzene ring substituents is 1. The van der Waals surface area contributed by atoms with Crippen molar-refractivity contribution < 1.29 is 9.72 Å². The van der Waals surface area contributed by atoms with E-state index in [4.69, 9.17) is 0 Å². The Kier molecular flexibility index (Phi) is 4.56. The van der Waals surface area contributed by atoms with Crippen molar-refractivity contribution in [1.82, 2.24) is 20.4 Å². The van der Waals surface area contributed by atoms with Crippen LogP contribution in [0, 0.1) is 10.1 Å². The average molecular weight is 336 g/mol. The fourth-order valence-corrected chi connectivity index (χ4v) is 2.01. The van der Waals surface area contributed by atoms with Crippen molar-refractivity contribution in [1.29, 1.82) is 0 Å². The van der Waals surface area contributed by atoms with Gasteiger partial charge in [0.05, 0.1) is 10.6 Å². The second-order valence-electron chi connectivity index (χ2n) is 4.89. The zero-order valence-corrected chi connectivity index (χ0v) is 12.8. The van der Waals surface area contributed by atoms with Crippen LogP contribution in [-0.4, -0.2) is 25.8 Å². The lowest BCUT2D eigenvalue weighted by atomic mass is 10.2. The number of carbonyl (C=O) groups is 1. The molecule has 0 spiro atoms. The largest absolute Gasteiger partial charge is 0.269 e. The minimum Gasteiger partial charge on any atom is -0.267 e. The van der Waals surface area contributed by atoms with E-state index < -0.39 is 10.8 Å². The fourth-order valence-electron chi connectivity index (χ4n) is 2.01. The summed E-state index contributed by atoms with van der Waals surface area (Å²) in [6.45, 7) is 0. The van der Waals surface area contributed by atoms with Crippen molar-refractivity contribution in [3.05, 3.63) is 76.7 Å². The Hall–Kier alpha value is -3.88. The van der Waals surface area contributed by atoms with Crippen molar-refractivity contribution in [3.8, 4) is 11.3 Å². The molecule has 2 aromatic heterocycles. The number of pyridine rings is 1. The Labute approximate surface area is 141 Å². The van der Waals surface area contributed by atoms with Gasteiger partial charge in [-0.2, -0.15) is 0 Å². The van der Waals surface area contributed by atoms with Crippen molar-refractivity contribution in [2.24, 2.45) is 0 Å². The van der Waals surface area contributed by atoms with Crippen molar-refractivity contribution >= 4 is 17.5 Å². The molecular weight excluding hydrogens is 324 g/mol. The second kappa shape index (κ2) is 7.13. The lowest BCUT2D eigenvalue weighted by Gasteiger charge is -2.08. The number of aromatic nitrogens is 3. The molecule has 3 rings (SSSR count). The SMILES string of the molecule is O=C(NNc1nccc(-c2cccnc2)n1)c1ccc([N+](=O)[O-])cc1. The lowest BCUT2D eigenvalue weighted by Crippen LogP contribution is -2.30. The maximum Gasteiger partial charge on any atom is 0.269 e. The molecule has 0 saturated heterocycles. The third-order valence-corrected chi connectivity index (χ3v) is 3.24. The highest BCUT2D eigenvalue weighted by Gasteiger charge is 2.10. The van der Waals surface area contributed by atoms with E-state index in [1.165, 1.54) is 24.3 Å². The van der Waals surface area contributed by atoms with E-state index in [9.17, 15) is 14.9 Å². The normalized spacial score (nSPS) is 10.1. The van der Waals surface area contributed by atoms with Crippen LogP contribution in [0.3, 0.4) is 0 Å². The maximum absolute atomic E-state index is 12.0. The quantitative estimate of drug-likeness (QED) is 0.541. The highest BCUT2D eigenvalue weighted by molar-refractivity contribution is 5.94. The zero-order chi connectivity index (χ0) is 17.6. The first-order valence-electron chi connectivity index (χ1n) is 7.18. The highest BCUT2D eigenvalue weighted by Crippen LogP contribution is 2.15. The number of nitro groups is 1. The van der Waals surface area contributed by atoms with Gasteiger partial charge in [0.15, 0.2) is 0 Å². The van der Waals surface area contributed by atoms with Crippen molar-refractivity contribution in [2.45, 2.75) is 0 Å². The van der Waals surface area contributed by atoms with Crippen LogP contribution >= 0.6 is 0 Å². The molecule has 3 aromatic rings. The number of carbonyl (C=O) groups excluding carboxylic acids is 1. The molecule has 0 bridgehead atoms. The number of rotatable bonds is 5. The summed E-state index contributed by atoms with van der Waals surface area (Å²) in [7, 11) is 0. The van der Waals surface area contributed by atoms with Crippen LogP contribution in [0.25, 0.3) is 11.3 Å². The fraction of sp³-hybridized carbons (Fsp3) is 0. The molecule has 0 fully saturated rings. The Bertz CT molecular complexity index is 899. The number of hydrazine groups is 1. The monoisotopic (exact) mass is 336 g/mol.